The highest BCUT2D eigenvalue weighted by Gasteiger charge is 2.19. The second-order valence-electron chi connectivity index (χ2n) is 8.30. The highest BCUT2D eigenvalue weighted by atomic mass is 16.5. The molecule has 0 aliphatic carbocycles. The molecule has 2 saturated heterocycles. The molecule has 0 amide bonds. The molecule has 2 aliphatic heterocycles. The fraction of sp³-hybridized carbons (Fsp3) is 0.522. The lowest BCUT2D eigenvalue weighted by Crippen LogP contribution is -2.38. The summed E-state index contributed by atoms with van der Waals surface area (Å²) in [4.78, 5) is 26.9. The maximum absolute atomic E-state index is 12.6. The van der Waals surface area contributed by atoms with Gasteiger partial charge in [-0.05, 0) is 18.9 Å². The van der Waals surface area contributed by atoms with Crippen molar-refractivity contribution >= 4 is 11.2 Å². The Labute approximate surface area is 186 Å². The third kappa shape index (κ3) is 4.85. The van der Waals surface area contributed by atoms with Gasteiger partial charge < -0.3 is 23.8 Å². The highest BCUT2D eigenvalue weighted by molar-refractivity contribution is 5.69. The number of fused-ring (bicyclic) bond motifs is 1. The lowest BCUT2D eigenvalue weighted by Gasteiger charge is -2.26. The van der Waals surface area contributed by atoms with Gasteiger partial charge in [-0.25, -0.2) is 9.97 Å². The summed E-state index contributed by atoms with van der Waals surface area (Å²) in [5, 5.41) is 0. The van der Waals surface area contributed by atoms with Crippen molar-refractivity contribution in [3.05, 3.63) is 52.3 Å². The van der Waals surface area contributed by atoms with Gasteiger partial charge in [0.25, 0.3) is 5.56 Å². The summed E-state index contributed by atoms with van der Waals surface area (Å²) in [6, 6.07) is 7.91. The largest absolute Gasteiger partial charge is 0.492 e. The van der Waals surface area contributed by atoms with Crippen LogP contribution in [0.15, 0.2) is 35.4 Å². The quantitative estimate of drug-likeness (QED) is 0.570. The van der Waals surface area contributed by atoms with Crippen molar-refractivity contribution in [3.8, 4) is 5.75 Å². The van der Waals surface area contributed by atoms with Crippen LogP contribution in [-0.4, -0.2) is 76.6 Å². The first kappa shape index (κ1) is 21.1. The molecule has 3 aromatic rings. The van der Waals surface area contributed by atoms with Gasteiger partial charge in [-0.15, -0.1) is 0 Å². The second-order valence-corrected chi connectivity index (χ2v) is 8.30. The van der Waals surface area contributed by atoms with Gasteiger partial charge >= 0.3 is 0 Å². The lowest BCUT2D eigenvalue weighted by molar-refractivity contribution is 0.0322. The van der Waals surface area contributed by atoms with E-state index in [-0.39, 0.29) is 11.7 Å². The Kier molecular flexibility index (Phi) is 6.47. The molecule has 4 heterocycles. The summed E-state index contributed by atoms with van der Waals surface area (Å²) < 4.78 is 19.2. The van der Waals surface area contributed by atoms with Crippen molar-refractivity contribution in [2.75, 3.05) is 46.1 Å². The van der Waals surface area contributed by atoms with Crippen LogP contribution in [0.2, 0.25) is 0 Å². The number of hydrogen-bond donors (Lipinski definition) is 1. The predicted molar refractivity (Wildman–Crippen MR) is 119 cm³/mol. The molecule has 1 atom stereocenters. The van der Waals surface area contributed by atoms with E-state index < -0.39 is 0 Å². The molecule has 0 spiro atoms. The molecular formula is C23H29N5O4. The van der Waals surface area contributed by atoms with Gasteiger partial charge in [-0.2, -0.15) is 0 Å². The van der Waals surface area contributed by atoms with Gasteiger partial charge in [0, 0.05) is 38.2 Å². The summed E-state index contributed by atoms with van der Waals surface area (Å²) in [5.41, 5.74) is 1.73. The van der Waals surface area contributed by atoms with E-state index >= 15 is 0 Å². The van der Waals surface area contributed by atoms with Crippen molar-refractivity contribution in [3.63, 3.8) is 0 Å². The molecule has 5 rings (SSSR count). The summed E-state index contributed by atoms with van der Waals surface area (Å²) in [6.45, 7) is 6.36. The Morgan fingerprint density at radius 3 is 2.91 bits per heavy atom. The van der Waals surface area contributed by atoms with Crippen molar-refractivity contribution in [1.82, 2.24) is 24.4 Å². The first-order valence-corrected chi connectivity index (χ1v) is 11.3. The Morgan fingerprint density at radius 1 is 1.19 bits per heavy atom. The van der Waals surface area contributed by atoms with Crippen LogP contribution in [0.25, 0.3) is 11.2 Å². The number of aromatic nitrogens is 4. The molecule has 9 heteroatoms. The summed E-state index contributed by atoms with van der Waals surface area (Å²) in [6.07, 6.45) is 4.40. The van der Waals surface area contributed by atoms with E-state index in [9.17, 15) is 4.79 Å². The third-order valence-electron chi connectivity index (χ3n) is 6.05. The van der Waals surface area contributed by atoms with Crippen LogP contribution in [0, 0.1) is 0 Å². The number of imidazole rings is 1. The molecule has 0 saturated carbocycles. The van der Waals surface area contributed by atoms with Crippen LogP contribution >= 0.6 is 0 Å². The standard InChI is InChI=1S/C23H29N5O4/c29-23-21-22(28(16-24-21)15-18-5-3-10-31-18)25-20(26-23)14-17-4-1-2-6-19(17)32-13-9-27-7-11-30-12-8-27/h1-2,4,6,16,18H,3,5,7-15H2,(H,25,26,29). The molecule has 2 aliphatic rings. The van der Waals surface area contributed by atoms with Gasteiger partial charge in [0.15, 0.2) is 11.2 Å². The minimum atomic E-state index is -0.221. The van der Waals surface area contributed by atoms with Gasteiger partial charge in [-0.3, -0.25) is 9.69 Å². The lowest BCUT2D eigenvalue weighted by atomic mass is 10.1. The van der Waals surface area contributed by atoms with Gasteiger partial charge in [0.05, 0.1) is 32.2 Å². The van der Waals surface area contributed by atoms with E-state index in [0.29, 0.717) is 36.6 Å². The van der Waals surface area contributed by atoms with E-state index in [2.05, 4.69) is 14.9 Å². The second kappa shape index (κ2) is 9.81. The number of rotatable bonds is 8. The van der Waals surface area contributed by atoms with Gasteiger partial charge in [0.2, 0.25) is 0 Å². The molecule has 0 bridgehead atoms. The Morgan fingerprint density at radius 2 is 2.06 bits per heavy atom. The van der Waals surface area contributed by atoms with Crippen molar-refractivity contribution in [1.29, 1.82) is 0 Å². The van der Waals surface area contributed by atoms with Crippen molar-refractivity contribution < 1.29 is 14.2 Å². The van der Waals surface area contributed by atoms with E-state index in [4.69, 9.17) is 19.2 Å². The fourth-order valence-corrected chi connectivity index (χ4v) is 4.30. The zero-order chi connectivity index (χ0) is 21.8. The maximum Gasteiger partial charge on any atom is 0.279 e. The van der Waals surface area contributed by atoms with Gasteiger partial charge in [0.1, 0.15) is 18.2 Å². The number of nitrogens with one attached hydrogen (secondary N) is 1. The smallest absolute Gasteiger partial charge is 0.279 e. The number of benzene rings is 1. The topological polar surface area (TPSA) is 94.5 Å². The van der Waals surface area contributed by atoms with Crippen LogP contribution in [0.1, 0.15) is 24.2 Å². The monoisotopic (exact) mass is 439 g/mol. The number of ether oxygens (including phenoxy) is 3. The summed E-state index contributed by atoms with van der Waals surface area (Å²) in [7, 11) is 0. The predicted octanol–water partition coefficient (Wildman–Crippen LogP) is 1.60. The fourth-order valence-electron chi connectivity index (χ4n) is 4.30. The number of nitrogens with zero attached hydrogens (tertiary/aromatic N) is 4. The van der Waals surface area contributed by atoms with Crippen LogP contribution in [-0.2, 0) is 22.4 Å². The van der Waals surface area contributed by atoms with Gasteiger partial charge in [-0.1, -0.05) is 18.2 Å². The molecule has 2 fully saturated rings. The van der Waals surface area contributed by atoms with Crippen LogP contribution < -0.4 is 10.3 Å². The summed E-state index contributed by atoms with van der Waals surface area (Å²) in [5.74, 6) is 1.41. The molecule has 32 heavy (non-hydrogen) atoms. The van der Waals surface area contributed by atoms with E-state index in [1.807, 2.05) is 28.8 Å². The number of para-hydroxylation sites is 1. The highest BCUT2D eigenvalue weighted by Crippen LogP contribution is 2.21. The van der Waals surface area contributed by atoms with E-state index in [0.717, 1.165) is 63.6 Å². The zero-order valence-corrected chi connectivity index (χ0v) is 18.2. The van der Waals surface area contributed by atoms with Crippen LogP contribution in [0.4, 0.5) is 0 Å². The molecule has 1 unspecified atom stereocenters. The number of aromatic amines is 1. The average Bonchev–Trinajstić information content (AvgIpc) is 3.47. The molecule has 1 N–H and O–H groups in total. The maximum atomic E-state index is 12.6. The van der Waals surface area contributed by atoms with E-state index in [1.54, 1.807) is 6.33 Å². The SMILES string of the molecule is O=c1[nH]c(Cc2ccccc2OCCN2CCOCC2)nc2c1ncn2CC1CCCO1. The van der Waals surface area contributed by atoms with Crippen molar-refractivity contribution in [2.24, 2.45) is 0 Å². The number of morpholine rings is 1. The Balaban J connectivity index is 1.31. The van der Waals surface area contributed by atoms with Crippen molar-refractivity contribution in [2.45, 2.75) is 31.9 Å². The Bertz CT molecular complexity index is 1100. The minimum Gasteiger partial charge on any atom is -0.492 e. The van der Waals surface area contributed by atoms with E-state index in [1.165, 1.54) is 0 Å². The molecule has 9 nitrogen and oxygen atoms in total. The normalized spacial score (nSPS) is 19.6. The summed E-state index contributed by atoms with van der Waals surface area (Å²) >= 11 is 0. The first-order chi connectivity index (χ1) is 15.8. The molecule has 2 aromatic heterocycles. The minimum absolute atomic E-state index is 0.150. The first-order valence-electron chi connectivity index (χ1n) is 11.3. The van der Waals surface area contributed by atoms with Crippen LogP contribution in [0.3, 0.4) is 0 Å². The molecule has 170 valence electrons. The van der Waals surface area contributed by atoms with Crippen LogP contribution in [0.5, 0.6) is 5.75 Å². The number of H-pyrrole nitrogens is 1. The molecular weight excluding hydrogens is 410 g/mol. The molecule has 0 radical (unpaired) electrons. The molecule has 1 aromatic carbocycles. The third-order valence-corrected chi connectivity index (χ3v) is 6.05. The Hall–Kier alpha value is -2.75. The zero-order valence-electron chi connectivity index (χ0n) is 18.2. The average molecular weight is 440 g/mol. The number of hydrogen-bond acceptors (Lipinski definition) is 7.